The number of aromatic nitrogens is 1. The lowest BCUT2D eigenvalue weighted by molar-refractivity contribution is 0.720. The van der Waals surface area contributed by atoms with E-state index in [0.29, 0.717) is 13.1 Å². The quantitative estimate of drug-likeness (QED) is 0.919. The molecule has 0 unspecified atom stereocenters. The van der Waals surface area contributed by atoms with Gasteiger partial charge in [0.1, 0.15) is 0 Å². The zero-order valence-corrected chi connectivity index (χ0v) is 10.7. The number of fused-ring (bicyclic) bond motifs is 1. The summed E-state index contributed by atoms with van der Waals surface area (Å²) in [6.07, 6.45) is 0. The third-order valence-electron chi connectivity index (χ3n) is 2.21. The molecule has 0 fully saturated rings. The summed E-state index contributed by atoms with van der Waals surface area (Å²) in [4.78, 5) is 11.8. The number of rotatable bonds is 2. The van der Waals surface area contributed by atoms with Gasteiger partial charge in [0.2, 0.25) is 0 Å². The fraction of sp³-hybridized carbons (Fsp3) is 0.300. The highest BCUT2D eigenvalue weighted by molar-refractivity contribution is 9.10. The third-order valence-corrected chi connectivity index (χ3v) is 3.74. The number of halogens is 1. The second-order valence-electron chi connectivity index (χ2n) is 3.40. The molecule has 0 amide bonds. The van der Waals surface area contributed by atoms with E-state index in [4.69, 9.17) is 5.73 Å². The largest absolute Gasteiger partial charge is 0.329 e. The summed E-state index contributed by atoms with van der Waals surface area (Å²) in [7, 11) is 0. The van der Waals surface area contributed by atoms with Crippen molar-refractivity contribution in [3.63, 3.8) is 0 Å². The molecule has 3 nitrogen and oxygen atoms in total. The van der Waals surface area contributed by atoms with Crippen LogP contribution in [0.5, 0.6) is 0 Å². The minimum atomic E-state index is 0.0572. The Labute approximate surface area is 99.6 Å². The van der Waals surface area contributed by atoms with Crippen molar-refractivity contribution in [2.24, 2.45) is 5.73 Å². The number of aryl methyl sites for hydroxylation is 1. The van der Waals surface area contributed by atoms with Crippen LogP contribution in [0.4, 0.5) is 0 Å². The molecule has 0 saturated carbocycles. The lowest BCUT2D eigenvalue weighted by Gasteiger charge is -2.03. The fourth-order valence-corrected chi connectivity index (χ4v) is 3.58. The first-order valence-corrected chi connectivity index (χ1v) is 6.24. The molecular formula is C10H11BrN2OS. The van der Waals surface area contributed by atoms with Crippen LogP contribution in [-0.4, -0.2) is 11.1 Å². The van der Waals surface area contributed by atoms with Crippen molar-refractivity contribution in [2.45, 2.75) is 13.5 Å². The van der Waals surface area contributed by atoms with Gasteiger partial charge in [0.15, 0.2) is 0 Å². The monoisotopic (exact) mass is 286 g/mol. The topological polar surface area (TPSA) is 48.0 Å². The minimum absolute atomic E-state index is 0.0572. The number of nitrogens with zero attached hydrogens (tertiary/aromatic N) is 1. The molecule has 2 aromatic rings. The van der Waals surface area contributed by atoms with Gasteiger partial charge >= 0.3 is 4.87 Å². The molecule has 80 valence electrons. The maximum absolute atomic E-state index is 11.7. The Kier molecular flexibility index (Phi) is 2.95. The molecule has 0 radical (unpaired) electrons. The van der Waals surface area contributed by atoms with Gasteiger partial charge in [-0.1, -0.05) is 11.3 Å². The van der Waals surface area contributed by atoms with E-state index in [1.165, 1.54) is 11.3 Å². The molecule has 1 aromatic heterocycles. The van der Waals surface area contributed by atoms with Crippen molar-refractivity contribution in [1.29, 1.82) is 0 Å². The molecule has 0 bridgehead atoms. The first-order valence-electron chi connectivity index (χ1n) is 4.63. The zero-order valence-electron chi connectivity index (χ0n) is 8.29. The molecule has 15 heavy (non-hydrogen) atoms. The molecule has 0 aliphatic heterocycles. The number of thiazole rings is 1. The SMILES string of the molecule is Cc1cc(Br)c2c(c1)sc(=O)n2CCN. The van der Waals surface area contributed by atoms with Gasteiger partial charge < -0.3 is 5.73 Å². The van der Waals surface area contributed by atoms with Crippen LogP contribution in [0.1, 0.15) is 5.56 Å². The van der Waals surface area contributed by atoms with E-state index < -0.39 is 0 Å². The predicted octanol–water partition coefficient (Wildman–Crippen LogP) is 2.09. The number of nitrogens with two attached hydrogens (primary N) is 1. The van der Waals surface area contributed by atoms with Gasteiger partial charge in [-0.15, -0.1) is 0 Å². The molecule has 1 heterocycles. The second kappa shape index (κ2) is 4.08. The summed E-state index contributed by atoms with van der Waals surface area (Å²) in [6, 6.07) is 4.04. The van der Waals surface area contributed by atoms with Crippen LogP contribution in [-0.2, 0) is 6.54 Å². The van der Waals surface area contributed by atoms with E-state index in [1.807, 2.05) is 19.1 Å². The van der Waals surface area contributed by atoms with Crippen LogP contribution >= 0.6 is 27.3 Å². The Balaban J connectivity index is 2.81. The van der Waals surface area contributed by atoms with Crippen molar-refractivity contribution in [3.05, 3.63) is 31.8 Å². The van der Waals surface area contributed by atoms with E-state index in [1.54, 1.807) is 4.57 Å². The summed E-state index contributed by atoms with van der Waals surface area (Å²) in [5, 5.41) is 0. The molecule has 0 saturated heterocycles. The van der Waals surface area contributed by atoms with Gasteiger partial charge in [-0.3, -0.25) is 9.36 Å². The first-order chi connectivity index (χ1) is 7.13. The molecule has 0 aliphatic rings. The maximum atomic E-state index is 11.7. The van der Waals surface area contributed by atoms with Crippen molar-refractivity contribution in [3.8, 4) is 0 Å². The van der Waals surface area contributed by atoms with Crippen molar-refractivity contribution in [2.75, 3.05) is 6.54 Å². The summed E-state index contributed by atoms with van der Waals surface area (Å²) in [6.45, 7) is 3.06. The Bertz CT molecular complexity index is 558. The van der Waals surface area contributed by atoms with Crippen LogP contribution in [0.3, 0.4) is 0 Å². The molecule has 5 heteroatoms. The number of benzene rings is 1. The number of hydrogen-bond acceptors (Lipinski definition) is 3. The lowest BCUT2D eigenvalue weighted by atomic mass is 10.2. The van der Waals surface area contributed by atoms with Crippen molar-refractivity contribution < 1.29 is 0 Å². The van der Waals surface area contributed by atoms with Gasteiger partial charge in [-0.2, -0.15) is 0 Å². The Morgan fingerprint density at radius 3 is 2.93 bits per heavy atom. The van der Waals surface area contributed by atoms with Crippen LogP contribution < -0.4 is 10.6 Å². The van der Waals surface area contributed by atoms with Crippen molar-refractivity contribution in [1.82, 2.24) is 4.57 Å². The Morgan fingerprint density at radius 1 is 1.53 bits per heavy atom. The predicted molar refractivity (Wildman–Crippen MR) is 67.6 cm³/mol. The van der Waals surface area contributed by atoms with Gasteiger partial charge in [0.25, 0.3) is 0 Å². The van der Waals surface area contributed by atoms with E-state index in [2.05, 4.69) is 15.9 Å². The van der Waals surface area contributed by atoms with E-state index in [9.17, 15) is 4.79 Å². The Morgan fingerprint density at radius 2 is 2.27 bits per heavy atom. The van der Waals surface area contributed by atoms with Gasteiger partial charge in [0, 0.05) is 17.6 Å². The Hall–Kier alpha value is -0.650. The second-order valence-corrected chi connectivity index (χ2v) is 5.25. The minimum Gasteiger partial charge on any atom is -0.329 e. The zero-order chi connectivity index (χ0) is 11.0. The molecule has 0 aliphatic carbocycles. The van der Waals surface area contributed by atoms with Gasteiger partial charge in [-0.25, -0.2) is 0 Å². The van der Waals surface area contributed by atoms with Crippen LogP contribution in [0, 0.1) is 6.92 Å². The summed E-state index contributed by atoms with van der Waals surface area (Å²) >= 11 is 4.76. The third kappa shape index (κ3) is 1.87. The first kappa shape index (κ1) is 10.9. The fourth-order valence-electron chi connectivity index (χ4n) is 1.62. The summed E-state index contributed by atoms with van der Waals surface area (Å²) in [5.41, 5.74) is 7.60. The van der Waals surface area contributed by atoms with E-state index in [-0.39, 0.29) is 4.87 Å². The summed E-state index contributed by atoms with van der Waals surface area (Å²) < 4.78 is 3.70. The van der Waals surface area contributed by atoms with Gasteiger partial charge in [-0.05, 0) is 40.5 Å². The lowest BCUT2D eigenvalue weighted by Crippen LogP contribution is -2.18. The molecule has 0 spiro atoms. The smallest absolute Gasteiger partial charge is 0.308 e. The van der Waals surface area contributed by atoms with Crippen LogP contribution in [0.25, 0.3) is 10.2 Å². The molecule has 2 rings (SSSR count). The highest BCUT2D eigenvalue weighted by Gasteiger charge is 2.10. The average molecular weight is 287 g/mol. The molecule has 2 N–H and O–H groups in total. The van der Waals surface area contributed by atoms with Crippen LogP contribution in [0.15, 0.2) is 21.4 Å². The molecule has 0 atom stereocenters. The highest BCUT2D eigenvalue weighted by Crippen LogP contribution is 2.27. The van der Waals surface area contributed by atoms with Crippen LogP contribution in [0.2, 0.25) is 0 Å². The normalized spacial score (nSPS) is 11.1. The van der Waals surface area contributed by atoms with Gasteiger partial charge in [0.05, 0.1) is 10.2 Å². The standard InChI is InChI=1S/C10H11BrN2OS/c1-6-4-7(11)9-8(5-6)15-10(14)13(9)3-2-12/h4-5H,2-3,12H2,1H3. The summed E-state index contributed by atoms with van der Waals surface area (Å²) in [5.74, 6) is 0. The highest BCUT2D eigenvalue weighted by atomic mass is 79.9. The molecular weight excluding hydrogens is 276 g/mol. The van der Waals surface area contributed by atoms with E-state index >= 15 is 0 Å². The maximum Gasteiger partial charge on any atom is 0.308 e. The average Bonchev–Trinajstić information content (AvgIpc) is 2.43. The van der Waals surface area contributed by atoms with E-state index in [0.717, 1.165) is 20.3 Å². The number of hydrogen-bond donors (Lipinski definition) is 1. The van der Waals surface area contributed by atoms with Crippen molar-refractivity contribution >= 4 is 37.5 Å². The molecule has 1 aromatic carbocycles.